The van der Waals surface area contributed by atoms with E-state index in [1.807, 2.05) is 22.9 Å². The van der Waals surface area contributed by atoms with Crippen LogP contribution in [0.2, 0.25) is 0 Å². The normalized spacial score (nSPS) is 26.5. The van der Waals surface area contributed by atoms with E-state index in [1.54, 1.807) is 31.0 Å². The maximum Gasteiger partial charge on any atom is 0.128 e. The Labute approximate surface area is 166 Å². The Kier molecular flexibility index (Phi) is 4.52. The van der Waals surface area contributed by atoms with Gasteiger partial charge in [-0.15, -0.1) is 0 Å². The predicted octanol–water partition coefficient (Wildman–Crippen LogP) is 3.36. The lowest BCUT2D eigenvalue weighted by molar-refractivity contribution is 0.216. The highest BCUT2D eigenvalue weighted by Crippen LogP contribution is 2.38. The Hall–Kier alpha value is -2.45. The molecular weight excluding hydrogens is 377 g/mol. The summed E-state index contributed by atoms with van der Waals surface area (Å²) in [7, 11) is 0. The molecule has 6 nitrogen and oxygen atoms in total. The molecule has 2 saturated heterocycles. The predicted molar refractivity (Wildman–Crippen MR) is 105 cm³/mol. The SMILES string of the molecule is Oc1cc(-n2ccnc2)ccc1-c1cnc(S[C@H]2CC3CCC(N3)[C@@H]2F)cn1. The number of nitrogens with zero attached hydrogens (tertiary/aromatic N) is 4. The summed E-state index contributed by atoms with van der Waals surface area (Å²) in [5, 5.41) is 14.4. The van der Waals surface area contributed by atoms with Crippen molar-refractivity contribution in [1.29, 1.82) is 0 Å². The molecule has 0 amide bonds. The Bertz CT molecular complexity index is 965. The maximum atomic E-state index is 14.6. The Morgan fingerprint density at radius 3 is 2.89 bits per heavy atom. The third kappa shape index (κ3) is 3.27. The molecule has 3 aromatic rings. The van der Waals surface area contributed by atoms with E-state index < -0.39 is 6.17 Å². The van der Waals surface area contributed by atoms with Gasteiger partial charge in [0.1, 0.15) is 16.9 Å². The zero-order valence-corrected chi connectivity index (χ0v) is 15.9. The second-order valence-corrected chi connectivity index (χ2v) is 8.55. The molecule has 28 heavy (non-hydrogen) atoms. The second-order valence-electron chi connectivity index (χ2n) is 7.30. The van der Waals surface area contributed by atoms with Crippen molar-refractivity contribution in [3.63, 3.8) is 0 Å². The van der Waals surface area contributed by atoms with Gasteiger partial charge >= 0.3 is 0 Å². The Morgan fingerprint density at radius 1 is 1.21 bits per heavy atom. The minimum Gasteiger partial charge on any atom is -0.507 e. The summed E-state index contributed by atoms with van der Waals surface area (Å²) in [5.74, 6) is 0.125. The topological polar surface area (TPSA) is 75.9 Å². The van der Waals surface area contributed by atoms with Gasteiger partial charge in [-0.2, -0.15) is 0 Å². The molecule has 0 saturated carbocycles. The van der Waals surface area contributed by atoms with Gasteiger partial charge in [-0.3, -0.25) is 4.98 Å². The Balaban J connectivity index is 1.32. The maximum absolute atomic E-state index is 14.6. The summed E-state index contributed by atoms with van der Waals surface area (Å²) >= 11 is 1.47. The summed E-state index contributed by atoms with van der Waals surface area (Å²) in [6.07, 6.45) is 10.4. The third-order valence-electron chi connectivity index (χ3n) is 5.49. The number of aromatic hydroxyl groups is 1. The van der Waals surface area contributed by atoms with Crippen molar-refractivity contribution in [2.24, 2.45) is 0 Å². The number of aromatic nitrogens is 4. The summed E-state index contributed by atoms with van der Waals surface area (Å²) in [6.45, 7) is 0. The van der Waals surface area contributed by atoms with Gasteiger partial charge in [-0.25, -0.2) is 14.4 Å². The number of hydrogen-bond donors (Lipinski definition) is 2. The number of halogens is 1. The highest BCUT2D eigenvalue weighted by Gasteiger charge is 2.42. The molecule has 2 unspecified atom stereocenters. The van der Waals surface area contributed by atoms with Gasteiger partial charge in [-0.1, -0.05) is 11.8 Å². The number of phenols is 1. The molecule has 2 aliphatic heterocycles. The van der Waals surface area contributed by atoms with Gasteiger partial charge in [0.05, 0.1) is 30.1 Å². The van der Waals surface area contributed by atoms with E-state index in [2.05, 4.69) is 20.3 Å². The van der Waals surface area contributed by atoms with Gasteiger partial charge in [-0.05, 0) is 31.4 Å². The highest BCUT2D eigenvalue weighted by atomic mass is 32.2. The second kappa shape index (κ2) is 7.18. The quantitative estimate of drug-likeness (QED) is 0.703. The number of benzene rings is 1. The lowest BCUT2D eigenvalue weighted by Gasteiger charge is -2.31. The minimum absolute atomic E-state index is 0.0190. The van der Waals surface area contributed by atoms with Crippen LogP contribution in [0.15, 0.2) is 54.3 Å². The highest BCUT2D eigenvalue weighted by molar-refractivity contribution is 7.99. The monoisotopic (exact) mass is 397 g/mol. The van der Waals surface area contributed by atoms with Crippen LogP contribution in [-0.2, 0) is 0 Å². The fraction of sp³-hybridized carbons (Fsp3) is 0.350. The number of imidazole rings is 1. The van der Waals surface area contributed by atoms with Crippen molar-refractivity contribution in [2.45, 2.75) is 47.8 Å². The van der Waals surface area contributed by atoms with Crippen molar-refractivity contribution in [3.8, 4) is 22.7 Å². The average Bonchev–Trinajstić information content (AvgIpc) is 3.37. The van der Waals surface area contributed by atoms with Crippen LogP contribution in [0, 0.1) is 0 Å². The lowest BCUT2D eigenvalue weighted by atomic mass is 10.0. The van der Waals surface area contributed by atoms with Crippen LogP contribution in [0.4, 0.5) is 4.39 Å². The third-order valence-corrected chi connectivity index (χ3v) is 6.70. The zero-order chi connectivity index (χ0) is 19.1. The van der Waals surface area contributed by atoms with Crippen LogP contribution in [0.3, 0.4) is 0 Å². The first-order valence-electron chi connectivity index (χ1n) is 9.38. The van der Waals surface area contributed by atoms with E-state index in [4.69, 9.17) is 0 Å². The van der Waals surface area contributed by atoms with Gasteiger partial charge in [0.25, 0.3) is 0 Å². The molecule has 1 aromatic carbocycles. The summed E-state index contributed by atoms with van der Waals surface area (Å²) in [5.41, 5.74) is 2.01. The van der Waals surface area contributed by atoms with Gasteiger partial charge in [0.15, 0.2) is 0 Å². The average molecular weight is 397 g/mol. The first kappa shape index (κ1) is 17.6. The van der Waals surface area contributed by atoms with Crippen molar-refractivity contribution >= 4 is 11.8 Å². The number of nitrogens with one attached hydrogen (secondary N) is 1. The van der Waals surface area contributed by atoms with Crippen LogP contribution in [0.1, 0.15) is 19.3 Å². The number of piperidine rings is 1. The lowest BCUT2D eigenvalue weighted by Crippen LogP contribution is -2.48. The van der Waals surface area contributed by atoms with E-state index in [-0.39, 0.29) is 17.0 Å². The van der Waals surface area contributed by atoms with Crippen molar-refractivity contribution in [2.75, 3.05) is 0 Å². The van der Waals surface area contributed by atoms with Gasteiger partial charge in [0.2, 0.25) is 0 Å². The molecule has 4 atom stereocenters. The molecule has 2 fully saturated rings. The molecule has 8 heteroatoms. The number of phenolic OH excluding ortho intramolecular Hbond substituents is 1. The van der Waals surface area contributed by atoms with Crippen molar-refractivity contribution < 1.29 is 9.50 Å². The molecule has 5 rings (SSSR count). The smallest absolute Gasteiger partial charge is 0.128 e. The number of alkyl halides is 1. The standard InChI is InChI=1S/C20H20FN5OS/c21-20-15-4-1-12(25-15)7-18(20)28-19-10-23-16(9-24-19)14-3-2-13(8-17(14)27)26-6-5-22-11-26/h2-3,5-6,8-12,15,18,20,25,27H,1,4,7H2/t12?,15?,18-,20-/m0/s1. The first-order valence-corrected chi connectivity index (χ1v) is 10.3. The van der Waals surface area contributed by atoms with E-state index in [0.717, 1.165) is 24.9 Å². The molecule has 2 bridgehead atoms. The minimum atomic E-state index is -0.856. The number of rotatable bonds is 4. The van der Waals surface area contributed by atoms with Crippen LogP contribution in [0.5, 0.6) is 5.75 Å². The molecule has 0 aliphatic carbocycles. The van der Waals surface area contributed by atoms with Gasteiger partial charge < -0.3 is 15.0 Å². The van der Waals surface area contributed by atoms with Crippen molar-refractivity contribution in [1.82, 2.24) is 24.8 Å². The number of thioether (sulfide) groups is 1. The molecule has 2 aromatic heterocycles. The summed E-state index contributed by atoms with van der Waals surface area (Å²) in [4.78, 5) is 12.9. The zero-order valence-electron chi connectivity index (χ0n) is 15.1. The van der Waals surface area contributed by atoms with Crippen molar-refractivity contribution in [3.05, 3.63) is 49.3 Å². The molecular formula is C20H20FN5OS. The Morgan fingerprint density at radius 2 is 2.14 bits per heavy atom. The van der Waals surface area contributed by atoms with Crippen LogP contribution < -0.4 is 5.32 Å². The largest absolute Gasteiger partial charge is 0.507 e. The molecule has 0 spiro atoms. The molecule has 4 heterocycles. The number of hydrogen-bond acceptors (Lipinski definition) is 6. The van der Waals surface area contributed by atoms with E-state index in [9.17, 15) is 9.50 Å². The van der Waals surface area contributed by atoms with E-state index in [0.29, 0.717) is 22.3 Å². The molecule has 2 N–H and O–H groups in total. The molecule has 0 radical (unpaired) electrons. The summed E-state index contributed by atoms with van der Waals surface area (Å²) < 4.78 is 16.4. The first-order chi connectivity index (χ1) is 13.7. The van der Waals surface area contributed by atoms with E-state index >= 15 is 0 Å². The molecule has 2 aliphatic rings. The van der Waals surface area contributed by atoms with Gasteiger partial charge in [0, 0.05) is 41.4 Å². The van der Waals surface area contributed by atoms with Crippen LogP contribution >= 0.6 is 11.8 Å². The fourth-order valence-corrected chi connectivity index (χ4v) is 5.24. The summed E-state index contributed by atoms with van der Waals surface area (Å²) in [6, 6.07) is 5.77. The fourth-order valence-electron chi connectivity index (χ4n) is 4.05. The van der Waals surface area contributed by atoms with Crippen LogP contribution in [-0.4, -0.2) is 48.1 Å². The molecule has 144 valence electrons. The number of fused-ring (bicyclic) bond motifs is 2. The van der Waals surface area contributed by atoms with E-state index in [1.165, 1.54) is 11.8 Å². The van der Waals surface area contributed by atoms with Crippen LogP contribution in [0.25, 0.3) is 16.9 Å².